The maximum absolute atomic E-state index is 12.7. The molecule has 5 rings (SSSR count). The third kappa shape index (κ3) is 2.96. The van der Waals surface area contributed by atoms with Crippen molar-refractivity contribution in [2.75, 3.05) is 5.32 Å². The van der Waals surface area contributed by atoms with Gasteiger partial charge in [-0.25, -0.2) is 5.10 Å². The SMILES string of the molecule is CCc1ccc([C@@H]2c3c(-c4ccc(Cl)cc4Cl)n[nH]c(=O)c3Nc3nnnn32)cc1. The second-order valence-electron chi connectivity index (χ2n) is 6.88. The summed E-state index contributed by atoms with van der Waals surface area (Å²) in [5, 5.41) is 22.8. The number of aromatic amines is 1. The number of anilines is 2. The molecule has 2 aromatic carbocycles. The second kappa shape index (κ2) is 7.23. The van der Waals surface area contributed by atoms with Crippen LogP contribution < -0.4 is 10.9 Å². The molecule has 0 bridgehead atoms. The molecule has 30 heavy (non-hydrogen) atoms. The Morgan fingerprint density at radius 3 is 2.67 bits per heavy atom. The first-order valence-corrected chi connectivity index (χ1v) is 10.0. The van der Waals surface area contributed by atoms with E-state index in [2.05, 4.69) is 50.1 Å². The lowest BCUT2D eigenvalue weighted by molar-refractivity contribution is 0.567. The highest BCUT2D eigenvalue weighted by molar-refractivity contribution is 6.36. The predicted octanol–water partition coefficient (Wildman–Crippen LogP) is 3.99. The van der Waals surface area contributed by atoms with Crippen molar-refractivity contribution in [3.63, 3.8) is 0 Å². The van der Waals surface area contributed by atoms with Crippen LogP contribution in [0.15, 0.2) is 47.3 Å². The van der Waals surface area contributed by atoms with Crippen molar-refractivity contribution in [2.45, 2.75) is 19.4 Å². The number of fused-ring (bicyclic) bond motifs is 2. The van der Waals surface area contributed by atoms with E-state index >= 15 is 0 Å². The van der Waals surface area contributed by atoms with Gasteiger partial charge in [-0.15, -0.1) is 0 Å². The van der Waals surface area contributed by atoms with Crippen LogP contribution in [0.1, 0.15) is 29.7 Å². The lowest BCUT2D eigenvalue weighted by Gasteiger charge is -2.28. The Morgan fingerprint density at radius 2 is 1.93 bits per heavy atom. The number of halogens is 2. The van der Waals surface area contributed by atoms with Crippen molar-refractivity contribution in [2.24, 2.45) is 0 Å². The van der Waals surface area contributed by atoms with Gasteiger partial charge < -0.3 is 5.32 Å². The number of hydrogen-bond acceptors (Lipinski definition) is 6. The number of H-pyrrole nitrogens is 1. The minimum Gasteiger partial charge on any atom is -0.318 e. The van der Waals surface area contributed by atoms with Gasteiger partial charge in [0.1, 0.15) is 17.4 Å². The summed E-state index contributed by atoms with van der Waals surface area (Å²) >= 11 is 12.5. The van der Waals surface area contributed by atoms with Crippen molar-refractivity contribution in [1.82, 2.24) is 30.4 Å². The lowest BCUT2D eigenvalue weighted by atomic mass is 9.92. The van der Waals surface area contributed by atoms with E-state index in [-0.39, 0.29) is 5.56 Å². The number of tetrazole rings is 1. The van der Waals surface area contributed by atoms with E-state index in [9.17, 15) is 4.79 Å². The van der Waals surface area contributed by atoms with Crippen molar-refractivity contribution in [3.05, 3.63) is 79.6 Å². The highest BCUT2D eigenvalue weighted by Crippen LogP contribution is 2.42. The van der Waals surface area contributed by atoms with Crippen LogP contribution in [0, 0.1) is 0 Å². The average molecular weight is 440 g/mol. The summed E-state index contributed by atoms with van der Waals surface area (Å²) in [6.45, 7) is 2.10. The van der Waals surface area contributed by atoms with E-state index in [1.54, 1.807) is 22.9 Å². The summed E-state index contributed by atoms with van der Waals surface area (Å²) in [5.41, 5.74) is 3.87. The van der Waals surface area contributed by atoms with Gasteiger partial charge in [0.05, 0.1) is 5.02 Å². The molecule has 2 aromatic heterocycles. The molecule has 0 fully saturated rings. The average Bonchev–Trinajstić information content (AvgIpc) is 3.22. The van der Waals surface area contributed by atoms with E-state index in [0.29, 0.717) is 38.5 Å². The van der Waals surface area contributed by atoms with Crippen LogP contribution in [0.3, 0.4) is 0 Å². The molecule has 0 spiro atoms. The first-order valence-electron chi connectivity index (χ1n) is 9.28. The number of aromatic nitrogens is 6. The Balaban J connectivity index is 1.80. The number of hydrogen-bond donors (Lipinski definition) is 2. The number of rotatable bonds is 3. The zero-order valence-corrected chi connectivity index (χ0v) is 17.2. The summed E-state index contributed by atoms with van der Waals surface area (Å²) in [7, 11) is 0. The van der Waals surface area contributed by atoms with Crippen molar-refractivity contribution in [3.8, 4) is 11.3 Å². The van der Waals surface area contributed by atoms with Crippen LogP contribution in [0.4, 0.5) is 11.6 Å². The van der Waals surface area contributed by atoms with Gasteiger partial charge >= 0.3 is 0 Å². The Morgan fingerprint density at radius 1 is 1.13 bits per heavy atom. The Bertz CT molecular complexity index is 1310. The Hall–Kier alpha value is -3.23. The fourth-order valence-corrected chi connectivity index (χ4v) is 4.17. The Labute approximate surface area is 180 Å². The van der Waals surface area contributed by atoms with Gasteiger partial charge in [-0.2, -0.15) is 9.78 Å². The molecule has 150 valence electrons. The zero-order chi connectivity index (χ0) is 20.8. The lowest BCUT2D eigenvalue weighted by Crippen LogP contribution is -2.29. The molecular weight excluding hydrogens is 425 g/mol. The fourth-order valence-electron chi connectivity index (χ4n) is 3.67. The third-order valence-corrected chi connectivity index (χ3v) is 5.71. The summed E-state index contributed by atoms with van der Waals surface area (Å²) < 4.78 is 1.64. The molecule has 1 atom stereocenters. The van der Waals surface area contributed by atoms with Crippen molar-refractivity contribution < 1.29 is 0 Å². The van der Waals surface area contributed by atoms with Crippen LogP contribution in [-0.2, 0) is 6.42 Å². The quantitative estimate of drug-likeness (QED) is 0.440. The second-order valence-corrected chi connectivity index (χ2v) is 7.73. The standard InChI is InChI=1S/C20H15Cl2N7O/c1-2-10-3-5-11(6-4-10)18-15-16(13-8-7-12(21)9-14(13)22)24-25-19(30)17(15)23-20-26-27-28-29(18)20/h3-9,18H,2H2,1H3,(H,25,30)(H,23,26,28)/t18-/m1/s1. The van der Waals surface area contributed by atoms with Crippen LogP contribution in [0.5, 0.6) is 0 Å². The van der Waals surface area contributed by atoms with E-state index in [4.69, 9.17) is 23.2 Å². The maximum Gasteiger partial charge on any atom is 0.288 e. The highest BCUT2D eigenvalue weighted by Gasteiger charge is 2.34. The molecule has 0 amide bonds. The fraction of sp³-hybridized carbons (Fsp3) is 0.150. The minimum atomic E-state index is -0.464. The van der Waals surface area contributed by atoms with E-state index in [1.165, 1.54) is 5.56 Å². The summed E-state index contributed by atoms with van der Waals surface area (Å²) in [6.07, 6.45) is 0.923. The van der Waals surface area contributed by atoms with E-state index < -0.39 is 6.04 Å². The van der Waals surface area contributed by atoms with Gasteiger partial charge in [0.2, 0.25) is 5.95 Å². The summed E-state index contributed by atoms with van der Waals surface area (Å²) in [4.78, 5) is 12.7. The molecule has 0 aliphatic carbocycles. The summed E-state index contributed by atoms with van der Waals surface area (Å²) in [5.74, 6) is 0.372. The maximum atomic E-state index is 12.7. The van der Waals surface area contributed by atoms with Gasteiger partial charge in [0.15, 0.2) is 0 Å². The number of nitrogens with one attached hydrogen (secondary N) is 2. The van der Waals surface area contributed by atoms with Crippen LogP contribution in [-0.4, -0.2) is 30.4 Å². The molecule has 2 N–H and O–H groups in total. The largest absolute Gasteiger partial charge is 0.318 e. The monoisotopic (exact) mass is 439 g/mol. The molecule has 3 heterocycles. The number of benzene rings is 2. The highest BCUT2D eigenvalue weighted by atomic mass is 35.5. The van der Waals surface area contributed by atoms with E-state index in [1.807, 2.05) is 12.1 Å². The molecule has 0 radical (unpaired) electrons. The van der Waals surface area contributed by atoms with E-state index in [0.717, 1.165) is 12.0 Å². The molecular formula is C20H15Cl2N7O. The molecule has 10 heteroatoms. The van der Waals surface area contributed by atoms with Crippen LogP contribution in [0.25, 0.3) is 11.3 Å². The van der Waals surface area contributed by atoms with Crippen molar-refractivity contribution in [1.29, 1.82) is 0 Å². The number of aryl methyl sites for hydroxylation is 1. The van der Waals surface area contributed by atoms with Gasteiger partial charge in [0.25, 0.3) is 5.56 Å². The molecule has 4 aromatic rings. The number of nitrogens with zero attached hydrogens (tertiary/aromatic N) is 5. The van der Waals surface area contributed by atoms with Crippen LogP contribution >= 0.6 is 23.2 Å². The molecule has 1 aliphatic heterocycles. The zero-order valence-electron chi connectivity index (χ0n) is 15.7. The normalized spacial score (nSPS) is 14.7. The first-order chi connectivity index (χ1) is 14.6. The third-order valence-electron chi connectivity index (χ3n) is 5.16. The molecule has 0 saturated heterocycles. The molecule has 0 saturated carbocycles. The smallest absolute Gasteiger partial charge is 0.288 e. The Kier molecular flexibility index (Phi) is 4.52. The van der Waals surface area contributed by atoms with Crippen LogP contribution in [0.2, 0.25) is 10.0 Å². The van der Waals surface area contributed by atoms with Gasteiger partial charge in [-0.3, -0.25) is 4.79 Å². The first kappa shape index (κ1) is 18.8. The summed E-state index contributed by atoms with van der Waals surface area (Å²) in [6, 6.07) is 12.8. The molecule has 8 nitrogen and oxygen atoms in total. The molecule has 0 unspecified atom stereocenters. The topological polar surface area (TPSA) is 101 Å². The predicted molar refractivity (Wildman–Crippen MR) is 114 cm³/mol. The minimum absolute atomic E-state index is 0.331. The van der Waals surface area contributed by atoms with Gasteiger partial charge in [-0.05, 0) is 46.2 Å². The van der Waals surface area contributed by atoms with Gasteiger partial charge in [-0.1, -0.05) is 59.5 Å². The van der Waals surface area contributed by atoms with Crippen molar-refractivity contribution >= 4 is 34.8 Å². The molecule has 1 aliphatic rings. The van der Waals surface area contributed by atoms with Gasteiger partial charge in [0, 0.05) is 16.1 Å².